The Morgan fingerprint density at radius 1 is 1.14 bits per heavy atom. The molecular weight excluding hydrogens is 322 g/mol. The molecule has 0 spiro atoms. The molecule has 0 bridgehead atoms. The van der Waals surface area contributed by atoms with Gasteiger partial charge in [-0.1, -0.05) is 6.07 Å². The van der Waals surface area contributed by atoms with Crippen molar-refractivity contribution in [2.45, 2.75) is 10.1 Å². The summed E-state index contributed by atoms with van der Waals surface area (Å²) >= 11 is 6.07. The van der Waals surface area contributed by atoms with Gasteiger partial charge in [-0.15, -0.1) is 0 Å². The number of rotatable bonds is 3. The number of hydrogen-bond acceptors (Lipinski definition) is 6. The summed E-state index contributed by atoms with van der Waals surface area (Å²) in [5, 5.41) is 6.12. The van der Waals surface area contributed by atoms with Gasteiger partial charge >= 0.3 is 0 Å². The quantitative estimate of drug-likeness (QED) is 0.506. The highest BCUT2D eigenvalue weighted by atomic mass is 32.2. The molecule has 0 aromatic carbocycles. The van der Waals surface area contributed by atoms with Crippen molar-refractivity contribution < 1.29 is 14.0 Å². The minimum atomic E-state index is -0.552. The maximum Gasteiger partial charge on any atom is 0.263 e. The summed E-state index contributed by atoms with van der Waals surface area (Å²) in [6.45, 7) is 0. The van der Waals surface area contributed by atoms with Gasteiger partial charge in [-0.3, -0.25) is 20.2 Å². The zero-order chi connectivity index (χ0) is 15.5. The third-order valence-electron chi connectivity index (χ3n) is 2.68. The van der Waals surface area contributed by atoms with E-state index in [1.807, 2.05) is 18.2 Å². The molecule has 2 aromatic rings. The first kappa shape index (κ1) is 14.5. The molecule has 8 heteroatoms. The third-order valence-corrected chi connectivity index (χ3v) is 3.75. The third kappa shape index (κ3) is 3.23. The van der Waals surface area contributed by atoms with Crippen LogP contribution in [0.1, 0.15) is 5.76 Å². The van der Waals surface area contributed by atoms with E-state index in [-0.39, 0.29) is 10.7 Å². The Kier molecular flexibility index (Phi) is 4.03. The smallest absolute Gasteiger partial charge is 0.263 e. The Labute approximate surface area is 135 Å². The van der Waals surface area contributed by atoms with Gasteiger partial charge in [0, 0.05) is 6.20 Å². The molecule has 1 aliphatic rings. The van der Waals surface area contributed by atoms with Gasteiger partial charge in [0.05, 0.1) is 0 Å². The Morgan fingerprint density at radius 3 is 2.59 bits per heavy atom. The van der Waals surface area contributed by atoms with E-state index in [2.05, 4.69) is 15.6 Å². The Bertz CT molecular complexity index is 762. The number of amides is 2. The van der Waals surface area contributed by atoms with Crippen molar-refractivity contribution in [3.8, 4) is 0 Å². The van der Waals surface area contributed by atoms with Crippen LogP contribution in [-0.4, -0.2) is 21.9 Å². The van der Waals surface area contributed by atoms with Gasteiger partial charge in [0.1, 0.15) is 16.4 Å². The number of carbonyl (C=O) groups is 2. The lowest BCUT2D eigenvalue weighted by molar-refractivity contribution is -0.123. The van der Waals surface area contributed by atoms with Gasteiger partial charge in [0.25, 0.3) is 11.8 Å². The number of carbonyl (C=O) groups excluding carboxylic acids is 2. The summed E-state index contributed by atoms with van der Waals surface area (Å²) < 4.78 is 5.57. The molecule has 0 aliphatic carbocycles. The van der Waals surface area contributed by atoms with Crippen LogP contribution < -0.4 is 10.6 Å². The number of aromatic nitrogens is 1. The van der Waals surface area contributed by atoms with Gasteiger partial charge in [0.2, 0.25) is 0 Å². The standard InChI is InChI=1S/C14H9N3O3S2/c18-12-9(13(19)17-14(21)16-12)7-8-4-5-11(20-8)22-10-3-1-2-6-15-10/h1-7H,(H2,16,17,18,19,21). The monoisotopic (exact) mass is 331 g/mol. The molecule has 0 unspecified atom stereocenters. The van der Waals surface area contributed by atoms with Crippen LogP contribution in [0.3, 0.4) is 0 Å². The predicted octanol–water partition coefficient (Wildman–Crippen LogP) is 1.74. The summed E-state index contributed by atoms with van der Waals surface area (Å²) in [6, 6.07) is 8.97. The van der Waals surface area contributed by atoms with Gasteiger partial charge < -0.3 is 4.42 Å². The lowest BCUT2D eigenvalue weighted by Gasteiger charge is -2.15. The van der Waals surface area contributed by atoms with E-state index >= 15 is 0 Å². The molecule has 0 saturated carbocycles. The molecule has 0 atom stereocenters. The second-order valence-corrected chi connectivity index (χ2v) is 5.66. The van der Waals surface area contributed by atoms with Crippen LogP contribution in [0, 0.1) is 0 Å². The fourth-order valence-electron chi connectivity index (χ4n) is 1.73. The van der Waals surface area contributed by atoms with Crippen molar-refractivity contribution in [2.75, 3.05) is 0 Å². The van der Waals surface area contributed by atoms with E-state index in [9.17, 15) is 9.59 Å². The van der Waals surface area contributed by atoms with Crippen LogP contribution >= 0.6 is 24.0 Å². The fraction of sp³-hybridized carbons (Fsp3) is 0. The minimum Gasteiger partial charge on any atom is -0.450 e. The molecular formula is C14H9N3O3S2. The summed E-state index contributed by atoms with van der Waals surface area (Å²) in [7, 11) is 0. The maximum atomic E-state index is 11.7. The summed E-state index contributed by atoms with van der Waals surface area (Å²) in [4.78, 5) is 27.6. The highest BCUT2D eigenvalue weighted by Crippen LogP contribution is 2.28. The molecule has 3 rings (SSSR count). The van der Waals surface area contributed by atoms with E-state index in [0.717, 1.165) is 5.03 Å². The number of nitrogens with zero attached hydrogens (tertiary/aromatic N) is 1. The molecule has 0 radical (unpaired) electrons. The van der Waals surface area contributed by atoms with Crippen molar-refractivity contribution in [1.82, 2.24) is 15.6 Å². The zero-order valence-electron chi connectivity index (χ0n) is 11.0. The molecule has 2 aromatic heterocycles. The molecule has 1 saturated heterocycles. The molecule has 22 heavy (non-hydrogen) atoms. The molecule has 6 nitrogen and oxygen atoms in total. The molecule has 3 heterocycles. The predicted molar refractivity (Wildman–Crippen MR) is 83.9 cm³/mol. The van der Waals surface area contributed by atoms with Crippen LogP contribution in [-0.2, 0) is 9.59 Å². The second kappa shape index (κ2) is 6.12. The SMILES string of the molecule is O=C1NC(=S)NC(=O)C1=Cc1ccc(Sc2ccccn2)o1. The molecule has 2 N–H and O–H groups in total. The highest BCUT2D eigenvalue weighted by Gasteiger charge is 2.26. The average molecular weight is 331 g/mol. The van der Waals surface area contributed by atoms with Crippen LogP contribution in [0.25, 0.3) is 6.08 Å². The fourth-order valence-corrected chi connectivity index (χ4v) is 2.65. The Balaban J connectivity index is 1.79. The van der Waals surface area contributed by atoms with Crippen LogP contribution in [0.4, 0.5) is 0 Å². The van der Waals surface area contributed by atoms with Crippen LogP contribution in [0.5, 0.6) is 0 Å². The molecule has 1 aliphatic heterocycles. The van der Waals surface area contributed by atoms with Crippen molar-refractivity contribution in [3.63, 3.8) is 0 Å². The summed E-state index contributed by atoms with van der Waals surface area (Å²) in [5.41, 5.74) is -0.0580. The molecule has 110 valence electrons. The normalized spacial score (nSPS) is 14.5. The largest absolute Gasteiger partial charge is 0.450 e. The van der Waals surface area contributed by atoms with Gasteiger partial charge in [-0.2, -0.15) is 0 Å². The topological polar surface area (TPSA) is 84.2 Å². The van der Waals surface area contributed by atoms with Crippen LogP contribution in [0.2, 0.25) is 0 Å². The van der Waals surface area contributed by atoms with Crippen molar-refractivity contribution in [1.29, 1.82) is 0 Å². The second-order valence-electron chi connectivity index (χ2n) is 4.22. The van der Waals surface area contributed by atoms with Gasteiger partial charge in [-0.05, 0) is 54.3 Å². The van der Waals surface area contributed by atoms with Crippen molar-refractivity contribution in [3.05, 3.63) is 47.9 Å². The summed E-state index contributed by atoms with van der Waals surface area (Å²) in [5.74, 6) is -0.709. The highest BCUT2D eigenvalue weighted by molar-refractivity contribution is 7.99. The molecule has 1 fully saturated rings. The maximum absolute atomic E-state index is 11.7. The number of nitrogens with one attached hydrogen (secondary N) is 2. The van der Waals surface area contributed by atoms with Crippen LogP contribution in [0.15, 0.2) is 56.6 Å². The number of thiocarbonyl (C=S) groups is 1. The number of furan rings is 1. The van der Waals surface area contributed by atoms with Crippen molar-refractivity contribution in [2.24, 2.45) is 0 Å². The first-order chi connectivity index (χ1) is 10.6. The first-order valence-electron chi connectivity index (χ1n) is 6.19. The first-order valence-corrected chi connectivity index (χ1v) is 7.41. The number of pyridine rings is 1. The van der Waals surface area contributed by atoms with Gasteiger partial charge in [-0.25, -0.2) is 4.98 Å². The van der Waals surface area contributed by atoms with E-state index in [0.29, 0.717) is 10.9 Å². The summed E-state index contributed by atoms with van der Waals surface area (Å²) in [6.07, 6.45) is 3.06. The average Bonchev–Trinajstić information content (AvgIpc) is 2.91. The lowest BCUT2D eigenvalue weighted by Crippen LogP contribution is -2.51. The lowest BCUT2D eigenvalue weighted by atomic mass is 10.1. The van der Waals surface area contributed by atoms with E-state index < -0.39 is 11.8 Å². The minimum absolute atomic E-state index is 0.00186. The van der Waals surface area contributed by atoms with E-state index in [1.54, 1.807) is 18.3 Å². The van der Waals surface area contributed by atoms with E-state index in [4.69, 9.17) is 16.6 Å². The molecule has 2 amide bonds. The van der Waals surface area contributed by atoms with Gasteiger partial charge in [0.15, 0.2) is 10.2 Å². The van der Waals surface area contributed by atoms with Crippen molar-refractivity contribution >= 4 is 47.0 Å². The zero-order valence-corrected chi connectivity index (χ0v) is 12.7. The Hall–Kier alpha value is -2.45. The van der Waals surface area contributed by atoms with E-state index in [1.165, 1.54) is 17.8 Å². The number of hydrogen-bond donors (Lipinski definition) is 2. The Morgan fingerprint density at radius 2 is 1.91 bits per heavy atom.